The van der Waals surface area contributed by atoms with Crippen LogP contribution in [0.5, 0.6) is 0 Å². The van der Waals surface area contributed by atoms with Crippen LogP contribution in [0, 0.1) is 5.41 Å². The van der Waals surface area contributed by atoms with Gasteiger partial charge >= 0.3 is 0 Å². The Labute approximate surface area is 198 Å². The van der Waals surface area contributed by atoms with Crippen LogP contribution >= 0.6 is 24.0 Å². The van der Waals surface area contributed by atoms with Crippen molar-refractivity contribution in [2.75, 3.05) is 19.7 Å². The Bertz CT molecular complexity index is 780. The van der Waals surface area contributed by atoms with E-state index >= 15 is 0 Å². The van der Waals surface area contributed by atoms with E-state index in [1.807, 2.05) is 0 Å². The zero-order valence-electron chi connectivity index (χ0n) is 18.5. The van der Waals surface area contributed by atoms with Crippen molar-refractivity contribution < 1.29 is 13.2 Å². The Morgan fingerprint density at radius 3 is 2.33 bits per heavy atom. The van der Waals surface area contributed by atoms with Gasteiger partial charge in [0, 0.05) is 31.2 Å². The van der Waals surface area contributed by atoms with Gasteiger partial charge < -0.3 is 15.4 Å². The number of ether oxygens (including phenoxy) is 1. The molecule has 1 fully saturated rings. The lowest BCUT2D eigenvalue weighted by Crippen LogP contribution is -2.65. The van der Waals surface area contributed by atoms with Crippen LogP contribution in [0.3, 0.4) is 0 Å². The van der Waals surface area contributed by atoms with Crippen molar-refractivity contribution in [3.8, 4) is 0 Å². The fourth-order valence-corrected chi connectivity index (χ4v) is 4.73. The monoisotopic (exact) mass is 552 g/mol. The van der Waals surface area contributed by atoms with Gasteiger partial charge in [-0.1, -0.05) is 26.0 Å². The Kier molecular flexibility index (Phi) is 11.0. The van der Waals surface area contributed by atoms with Crippen LogP contribution < -0.4 is 15.8 Å². The molecule has 1 aromatic rings. The number of primary sulfonamides is 1. The number of guanidine groups is 1. The summed E-state index contributed by atoms with van der Waals surface area (Å²) in [6, 6.07) is 7.00. The summed E-state index contributed by atoms with van der Waals surface area (Å²) in [4.78, 5) is 4.85. The number of sulfonamides is 1. The lowest BCUT2D eigenvalue weighted by atomic mass is 9.58. The van der Waals surface area contributed by atoms with E-state index < -0.39 is 10.0 Å². The molecule has 9 heteroatoms. The van der Waals surface area contributed by atoms with E-state index in [0.717, 1.165) is 50.4 Å². The molecule has 0 bridgehead atoms. The molecule has 1 saturated carbocycles. The third kappa shape index (κ3) is 6.54. The topological polar surface area (TPSA) is 106 Å². The number of nitrogens with zero attached hydrogens (tertiary/aromatic N) is 1. The smallest absolute Gasteiger partial charge is 0.238 e. The van der Waals surface area contributed by atoms with Gasteiger partial charge in [0.2, 0.25) is 10.0 Å². The van der Waals surface area contributed by atoms with Gasteiger partial charge in [0.05, 0.1) is 11.0 Å². The van der Waals surface area contributed by atoms with Gasteiger partial charge in [0.1, 0.15) is 0 Å². The number of nitrogens with one attached hydrogen (secondary N) is 2. The number of nitrogens with two attached hydrogens (primary N) is 1. The Morgan fingerprint density at radius 1 is 1.20 bits per heavy atom. The molecule has 0 spiro atoms. The summed E-state index contributed by atoms with van der Waals surface area (Å²) in [5.41, 5.74) is 1.17. The number of rotatable bonds is 10. The summed E-state index contributed by atoms with van der Waals surface area (Å²) in [5.74, 6) is 0.819. The van der Waals surface area contributed by atoms with Gasteiger partial charge in [0.15, 0.2) is 5.96 Å². The van der Waals surface area contributed by atoms with Crippen LogP contribution in [-0.4, -0.2) is 46.2 Å². The Balaban J connectivity index is 0.00000450. The van der Waals surface area contributed by atoms with Crippen LogP contribution in [0.25, 0.3) is 0 Å². The Morgan fingerprint density at radius 2 is 1.83 bits per heavy atom. The van der Waals surface area contributed by atoms with Crippen LogP contribution in [0.4, 0.5) is 0 Å². The predicted octanol–water partition coefficient (Wildman–Crippen LogP) is 3.03. The van der Waals surface area contributed by atoms with Crippen molar-refractivity contribution in [1.29, 1.82) is 0 Å². The van der Waals surface area contributed by atoms with E-state index in [2.05, 4.69) is 38.3 Å². The SMILES string of the molecule is CCNC(=NCCc1ccc(S(N)(=O)=O)cc1)NC1CC(OCC)C1(CC)CC.I. The molecule has 0 heterocycles. The zero-order valence-corrected chi connectivity index (χ0v) is 21.6. The molecule has 2 unspecified atom stereocenters. The average molecular weight is 553 g/mol. The minimum absolute atomic E-state index is 0. The number of halogens is 1. The summed E-state index contributed by atoms with van der Waals surface area (Å²) >= 11 is 0. The highest BCUT2D eigenvalue weighted by molar-refractivity contribution is 14.0. The van der Waals surface area contributed by atoms with Gasteiger partial charge in [0.25, 0.3) is 0 Å². The molecule has 0 amide bonds. The van der Waals surface area contributed by atoms with Gasteiger partial charge in [-0.3, -0.25) is 4.99 Å². The van der Waals surface area contributed by atoms with E-state index in [-0.39, 0.29) is 34.3 Å². The minimum Gasteiger partial charge on any atom is -0.378 e. The van der Waals surface area contributed by atoms with E-state index in [1.54, 1.807) is 12.1 Å². The van der Waals surface area contributed by atoms with Gasteiger partial charge in [-0.05, 0) is 57.2 Å². The zero-order chi connectivity index (χ0) is 21.5. The van der Waals surface area contributed by atoms with E-state index in [1.165, 1.54) is 12.1 Å². The van der Waals surface area contributed by atoms with Gasteiger partial charge in [-0.2, -0.15) is 0 Å². The van der Waals surface area contributed by atoms with E-state index in [4.69, 9.17) is 14.9 Å². The second-order valence-corrected chi connectivity index (χ2v) is 9.08. The predicted molar refractivity (Wildman–Crippen MR) is 133 cm³/mol. The van der Waals surface area contributed by atoms with Gasteiger partial charge in [-0.25, -0.2) is 13.6 Å². The summed E-state index contributed by atoms with van der Waals surface area (Å²) in [7, 11) is -3.65. The first-order chi connectivity index (χ1) is 13.8. The molecule has 2 rings (SSSR count). The normalized spacial score (nSPS) is 20.8. The molecule has 2 atom stereocenters. The Hall–Kier alpha value is -0.910. The number of hydrogen-bond donors (Lipinski definition) is 3. The van der Waals surface area contributed by atoms with Crippen LogP contribution in [-0.2, 0) is 21.2 Å². The molecule has 0 saturated heterocycles. The quantitative estimate of drug-likeness (QED) is 0.235. The highest BCUT2D eigenvalue weighted by Gasteiger charge is 2.53. The standard InChI is InChI=1S/C21H36N4O3S.HI/c1-5-21(6-2)18(15-19(21)28-8-4)25-20(23-7-3)24-14-13-16-9-11-17(12-10-16)29(22,26)27;/h9-12,18-19H,5-8,13-15H2,1-4H3,(H2,22,26,27)(H2,23,24,25);1H. The molecular formula is C21H37IN4O3S. The summed E-state index contributed by atoms with van der Waals surface area (Å²) in [6.07, 6.45) is 4.17. The van der Waals surface area contributed by atoms with Crippen molar-refractivity contribution in [1.82, 2.24) is 10.6 Å². The molecule has 172 valence electrons. The number of aliphatic imine (C=N–C) groups is 1. The molecule has 1 aromatic carbocycles. The maximum absolute atomic E-state index is 11.4. The fourth-order valence-electron chi connectivity index (χ4n) is 4.21. The molecule has 0 radical (unpaired) electrons. The molecule has 30 heavy (non-hydrogen) atoms. The van der Waals surface area contributed by atoms with Crippen molar-refractivity contribution in [2.45, 2.75) is 70.4 Å². The van der Waals surface area contributed by atoms with Crippen molar-refractivity contribution in [3.63, 3.8) is 0 Å². The first-order valence-electron chi connectivity index (χ1n) is 10.6. The summed E-state index contributed by atoms with van der Waals surface area (Å²) < 4.78 is 28.7. The number of hydrogen-bond acceptors (Lipinski definition) is 4. The maximum atomic E-state index is 11.4. The van der Waals surface area contributed by atoms with E-state index in [0.29, 0.717) is 18.7 Å². The number of benzene rings is 1. The molecule has 1 aliphatic carbocycles. The summed E-state index contributed by atoms with van der Waals surface area (Å²) in [5, 5.41) is 12.1. The first kappa shape index (κ1) is 27.1. The van der Waals surface area contributed by atoms with E-state index in [9.17, 15) is 8.42 Å². The van der Waals surface area contributed by atoms with Crippen LogP contribution in [0.15, 0.2) is 34.2 Å². The lowest BCUT2D eigenvalue weighted by molar-refractivity contribution is -0.133. The fraction of sp³-hybridized carbons (Fsp3) is 0.667. The minimum atomic E-state index is -3.65. The first-order valence-corrected chi connectivity index (χ1v) is 12.1. The third-order valence-electron chi connectivity index (χ3n) is 6.05. The van der Waals surface area contributed by atoms with Gasteiger partial charge in [-0.15, -0.1) is 24.0 Å². The molecule has 4 N–H and O–H groups in total. The molecule has 1 aliphatic rings. The van der Waals surface area contributed by atoms with Crippen molar-refractivity contribution in [2.24, 2.45) is 15.5 Å². The second kappa shape index (κ2) is 12.2. The van der Waals surface area contributed by atoms with Crippen molar-refractivity contribution in [3.05, 3.63) is 29.8 Å². The lowest BCUT2D eigenvalue weighted by Gasteiger charge is -2.55. The second-order valence-electron chi connectivity index (χ2n) is 7.52. The largest absolute Gasteiger partial charge is 0.378 e. The van der Waals surface area contributed by atoms with Crippen molar-refractivity contribution >= 4 is 40.0 Å². The molecule has 0 aromatic heterocycles. The third-order valence-corrected chi connectivity index (χ3v) is 6.98. The van der Waals surface area contributed by atoms with Crippen LogP contribution in [0.2, 0.25) is 0 Å². The summed E-state index contributed by atoms with van der Waals surface area (Å²) in [6.45, 7) is 10.7. The molecule has 7 nitrogen and oxygen atoms in total. The maximum Gasteiger partial charge on any atom is 0.238 e. The molecule has 0 aliphatic heterocycles. The highest BCUT2D eigenvalue weighted by atomic mass is 127. The molecular weight excluding hydrogens is 515 g/mol. The average Bonchev–Trinajstić information content (AvgIpc) is 2.68. The van der Waals surface area contributed by atoms with Crippen LogP contribution in [0.1, 0.15) is 52.5 Å². The highest BCUT2D eigenvalue weighted by Crippen LogP contribution is 2.48.